The van der Waals surface area contributed by atoms with Gasteiger partial charge in [-0.15, -0.1) is 12.4 Å². The van der Waals surface area contributed by atoms with E-state index >= 15 is 0 Å². The Kier molecular flexibility index (Phi) is 4.89. The van der Waals surface area contributed by atoms with Gasteiger partial charge in [0.15, 0.2) is 0 Å². The molecule has 1 saturated carbocycles. The van der Waals surface area contributed by atoms with Gasteiger partial charge in [0.25, 0.3) is 0 Å². The molecular weight excluding hydrogens is 291 g/mol. The van der Waals surface area contributed by atoms with Gasteiger partial charge < -0.3 is 10.2 Å². The van der Waals surface area contributed by atoms with E-state index in [9.17, 15) is 9.18 Å². The second kappa shape index (κ2) is 6.32. The molecule has 0 aromatic heterocycles. The van der Waals surface area contributed by atoms with E-state index in [0.29, 0.717) is 5.92 Å². The number of benzene rings is 1. The lowest BCUT2D eigenvalue weighted by Gasteiger charge is -2.23. The zero-order chi connectivity index (χ0) is 14.2. The van der Waals surface area contributed by atoms with E-state index in [4.69, 9.17) is 0 Å². The van der Waals surface area contributed by atoms with E-state index in [2.05, 4.69) is 5.32 Å². The third-order valence-electron chi connectivity index (χ3n) is 4.62. The third kappa shape index (κ3) is 3.06. The van der Waals surface area contributed by atoms with Gasteiger partial charge in [-0.2, -0.15) is 0 Å². The van der Waals surface area contributed by atoms with Gasteiger partial charge in [0.05, 0.1) is 5.41 Å². The van der Waals surface area contributed by atoms with Crippen molar-refractivity contribution in [3.05, 3.63) is 35.6 Å². The molecule has 1 N–H and O–H groups in total. The van der Waals surface area contributed by atoms with E-state index in [1.807, 2.05) is 11.9 Å². The summed E-state index contributed by atoms with van der Waals surface area (Å²) in [6.07, 6.45) is 2.86. The number of nitrogens with one attached hydrogen (secondary N) is 1. The summed E-state index contributed by atoms with van der Waals surface area (Å²) in [6, 6.07) is 6.44. The van der Waals surface area contributed by atoms with Crippen molar-refractivity contribution in [2.24, 2.45) is 5.92 Å². The van der Waals surface area contributed by atoms with Crippen molar-refractivity contribution in [1.29, 1.82) is 0 Å². The number of amides is 1. The first kappa shape index (κ1) is 16.2. The highest BCUT2D eigenvalue weighted by Crippen LogP contribution is 2.50. The fraction of sp³-hybridized carbons (Fsp3) is 0.562. The van der Waals surface area contributed by atoms with Crippen LogP contribution in [0.15, 0.2) is 24.3 Å². The van der Waals surface area contributed by atoms with E-state index in [0.717, 1.165) is 44.5 Å². The Balaban J connectivity index is 0.00000161. The molecule has 3 rings (SSSR count). The van der Waals surface area contributed by atoms with Gasteiger partial charge >= 0.3 is 0 Å². The Morgan fingerprint density at radius 1 is 1.38 bits per heavy atom. The molecule has 116 valence electrons. The summed E-state index contributed by atoms with van der Waals surface area (Å²) in [4.78, 5) is 14.8. The van der Waals surface area contributed by atoms with Crippen LogP contribution in [0.3, 0.4) is 0 Å². The molecule has 3 nitrogen and oxygen atoms in total. The minimum atomic E-state index is -0.359. The van der Waals surface area contributed by atoms with Crippen LogP contribution in [0.2, 0.25) is 0 Å². The molecule has 2 fully saturated rings. The molecule has 0 spiro atoms. The van der Waals surface area contributed by atoms with Crippen LogP contribution < -0.4 is 5.32 Å². The third-order valence-corrected chi connectivity index (χ3v) is 4.62. The molecule has 1 atom stereocenters. The first-order chi connectivity index (χ1) is 9.65. The van der Waals surface area contributed by atoms with E-state index in [1.54, 1.807) is 12.1 Å². The lowest BCUT2D eigenvalue weighted by atomic mass is 9.94. The minimum Gasteiger partial charge on any atom is -0.342 e. The monoisotopic (exact) mass is 312 g/mol. The van der Waals surface area contributed by atoms with Crippen LogP contribution in [0, 0.1) is 11.7 Å². The summed E-state index contributed by atoms with van der Waals surface area (Å²) >= 11 is 0. The molecule has 1 unspecified atom stereocenters. The first-order valence-corrected chi connectivity index (χ1v) is 7.36. The predicted octanol–water partition coefficient (Wildman–Crippen LogP) is 2.35. The molecular formula is C16H22ClFN2O. The molecule has 1 aromatic carbocycles. The van der Waals surface area contributed by atoms with Crippen LogP contribution in [0.1, 0.15) is 24.8 Å². The van der Waals surface area contributed by atoms with Gasteiger partial charge in [-0.3, -0.25) is 4.79 Å². The number of likely N-dealkylation sites (tertiary alicyclic amines) is 1. The molecule has 1 aliphatic carbocycles. The number of rotatable bonds is 4. The molecule has 1 aliphatic heterocycles. The Morgan fingerprint density at radius 2 is 2.05 bits per heavy atom. The summed E-state index contributed by atoms with van der Waals surface area (Å²) in [6.45, 7) is 2.67. The smallest absolute Gasteiger partial charge is 0.233 e. The maximum atomic E-state index is 13.0. The molecule has 1 saturated heterocycles. The van der Waals surface area contributed by atoms with Gasteiger partial charge in [0, 0.05) is 13.1 Å². The maximum Gasteiger partial charge on any atom is 0.233 e. The Bertz CT molecular complexity index is 502. The average molecular weight is 313 g/mol. The standard InChI is InChI=1S/C16H21FN2O.ClH/c1-18-10-12-6-9-19(11-12)15(20)16(7-8-16)13-2-4-14(17)5-3-13;/h2-5,12,18H,6-11H2,1H3;1H. The van der Waals surface area contributed by atoms with Crippen molar-refractivity contribution in [2.75, 3.05) is 26.7 Å². The number of hydrogen-bond donors (Lipinski definition) is 1. The number of hydrogen-bond acceptors (Lipinski definition) is 2. The molecule has 1 amide bonds. The topological polar surface area (TPSA) is 32.3 Å². The van der Waals surface area contributed by atoms with Crippen LogP contribution in [-0.2, 0) is 10.2 Å². The lowest BCUT2D eigenvalue weighted by Crippen LogP contribution is -2.38. The maximum absolute atomic E-state index is 13.0. The molecule has 1 heterocycles. The van der Waals surface area contributed by atoms with Crippen LogP contribution in [0.25, 0.3) is 0 Å². The summed E-state index contributed by atoms with van der Waals surface area (Å²) < 4.78 is 13.0. The van der Waals surface area contributed by atoms with Gasteiger partial charge in [0.1, 0.15) is 5.82 Å². The second-order valence-electron chi connectivity index (χ2n) is 6.05. The number of nitrogens with zero attached hydrogens (tertiary/aromatic N) is 1. The van der Waals surface area contributed by atoms with Gasteiger partial charge in [0.2, 0.25) is 5.91 Å². The Morgan fingerprint density at radius 3 is 2.62 bits per heavy atom. The minimum absolute atomic E-state index is 0. The molecule has 5 heteroatoms. The van der Waals surface area contributed by atoms with Crippen molar-refractivity contribution in [2.45, 2.75) is 24.7 Å². The zero-order valence-electron chi connectivity index (χ0n) is 12.3. The van der Waals surface area contributed by atoms with Crippen molar-refractivity contribution < 1.29 is 9.18 Å². The summed E-state index contributed by atoms with van der Waals surface area (Å²) in [5.74, 6) is 0.558. The number of carbonyl (C=O) groups excluding carboxylic acids is 1. The van der Waals surface area contributed by atoms with Crippen LogP contribution in [0.5, 0.6) is 0 Å². The second-order valence-corrected chi connectivity index (χ2v) is 6.05. The Labute approximate surface area is 131 Å². The highest BCUT2D eigenvalue weighted by atomic mass is 35.5. The number of halogens is 2. The van der Waals surface area contributed by atoms with E-state index in [-0.39, 0.29) is 29.5 Å². The van der Waals surface area contributed by atoms with Crippen LogP contribution >= 0.6 is 12.4 Å². The highest BCUT2D eigenvalue weighted by Gasteiger charge is 2.53. The highest BCUT2D eigenvalue weighted by molar-refractivity contribution is 5.91. The van der Waals surface area contributed by atoms with Crippen LogP contribution in [-0.4, -0.2) is 37.5 Å². The summed E-state index contributed by atoms with van der Waals surface area (Å²) in [7, 11) is 1.95. The average Bonchev–Trinajstić information content (AvgIpc) is 3.13. The normalized spacial score (nSPS) is 22.8. The molecule has 21 heavy (non-hydrogen) atoms. The van der Waals surface area contributed by atoms with Crippen molar-refractivity contribution in [3.8, 4) is 0 Å². The summed E-state index contributed by atoms with van der Waals surface area (Å²) in [5.41, 5.74) is 0.614. The molecule has 2 aliphatic rings. The lowest BCUT2D eigenvalue weighted by molar-refractivity contribution is -0.133. The SMILES string of the molecule is CNCC1CCN(C(=O)C2(c3ccc(F)cc3)CC2)C1.Cl. The molecule has 0 bridgehead atoms. The quantitative estimate of drug-likeness (QED) is 0.925. The number of carbonyl (C=O) groups is 1. The van der Waals surface area contributed by atoms with Gasteiger partial charge in [-0.25, -0.2) is 4.39 Å². The first-order valence-electron chi connectivity index (χ1n) is 7.36. The van der Waals surface area contributed by atoms with Gasteiger partial charge in [-0.05, 0) is 56.5 Å². The zero-order valence-corrected chi connectivity index (χ0v) is 13.1. The largest absolute Gasteiger partial charge is 0.342 e. The van der Waals surface area contributed by atoms with E-state index < -0.39 is 0 Å². The molecule has 0 radical (unpaired) electrons. The fourth-order valence-corrected chi connectivity index (χ4v) is 3.30. The van der Waals surface area contributed by atoms with Crippen LogP contribution in [0.4, 0.5) is 4.39 Å². The van der Waals surface area contributed by atoms with Crippen molar-refractivity contribution in [3.63, 3.8) is 0 Å². The summed E-state index contributed by atoms with van der Waals surface area (Å²) in [5, 5.41) is 3.18. The van der Waals surface area contributed by atoms with E-state index in [1.165, 1.54) is 12.1 Å². The van der Waals surface area contributed by atoms with Crippen molar-refractivity contribution in [1.82, 2.24) is 10.2 Å². The fourth-order valence-electron chi connectivity index (χ4n) is 3.30. The molecule has 1 aromatic rings. The predicted molar refractivity (Wildman–Crippen MR) is 83.2 cm³/mol. The van der Waals surface area contributed by atoms with Gasteiger partial charge in [-0.1, -0.05) is 12.1 Å². The van der Waals surface area contributed by atoms with Crippen molar-refractivity contribution >= 4 is 18.3 Å². The Hall–Kier alpha value is -1.13.